The van der Waals surface area contributed by atoms with Crippen LogP contribution in [0.25, 0.3) is 0 Å². The first-order chi connectivity index (χ1) is 7.79. The van der Waals surface area contributed by atoms with Crippen molar-refractivity contribution in [2.75, 3.05) is 0 Å². The van der Waals surface area contributed by atoms with Crippen molar-refractivity contribution in [3.05, 3.63) is 43.8 Å². The molecule has 0 fully saturated rings. The molecule has 2 N–H and O–H groups in total. The second-order valence-corrected chi connectivity index (χ2v) is 5.94. The van der Waals surface area contributed by atoms with E-state index in [0.29, 0.717) is 19.8 Å². The van der Waals surface area contributed by atoms with Crippen LogP contribution in [0, 0.1) is 6.92 Å². The summed E-state index contributed by atoms with van der Waals surface area (Å²) in [6, 6.07) is 6.29. The van der Waals surface area contributed by atoms with Gasteiger partial charge in [0.1, 0.15) is 0 Å². The van der Waals surface area contributed by atoms with Crippen LogP contribution in [0.5, 0.6) is 0 Å². The highest BCUT2D eigenvalue weighted by atomic mass is 32.1. The average Bonchev–Trinajstić information content (AvgIpc) is 2.89. The van der Waals surface area contributed by atoms with E-state index in [2.05, 4.69) is 24.4 Å². The third kappa shape index (κ3) is 2.92. The standard InChI is InChI=1S/C12H15NOS2/c1-9-10(5-12(6-13)16-9)7-14-8-11-3-2-4-15-11/h2-5H,6-8,13H2,1H3. The largest absolute Gasteiger partial charge is 0.371 e. The molecule has 0 spiro atoms. The van der Waals surface area contributed by atoms with Crippen LogP contribution in [0.15, 0.2) is 23.6 Å². The van der Waals surface area contributed by atoms with E-state index in [9.17, 15) is 0 Å². The van der Waals surface area contributed by atoms with Gasteiger partial charge in [0.2, 0.25) is 0 Å². The maximum Gasteiger partial charge on any atom is 0.0813 e. The minimum absolute atomic E-state index is 0.621. The molecule has 2 aromatic heterocycles. The molecule has 0 bridgehead atoms. The number of ether oxygens (including phenoxy) is 1. The van der Waals surface area contributed by atoms with E-state index < -0.39 is 0 Å². The van der Waals surface area contributed by atoms with Crippen molar-refractivity contribution in [1.82, 2.24) is 0 Å². The predicted molar refractivity (Wildman–Crippen MR) is 69.8 cm³/mol. The zero-order valence-electron chi connectivity index (χ0n) is 9.23. The Hall–Kier alpha value is -0.680. The van der Waals surface area contributed by atoms with Crippen LogP contribution in [0.1, 0.15) is 20.2 Å². The number of hydrogen-bond acceptors (Lipinski definition) is 4. The molecule has 16 heavy (non-hydrogen) atoms. The van der Waals surface area contributed by atoms with E-state index in [1.807, 2.05) is 6.07 Å². The summed E-state index contributed by atoms with van der Waals surface area (Å²) in [6.07, 6.45) is 0. The SMILES string of the molecule is Cc1sc(CN)cc1COCc1cccs1. The molecular formula is C12H15NOS2. The Balaban J connectivity index is 1.87. The summed E-state index contributed by atoms with van der Waals surface area (Å²) in [7, 11) is 0. The molecule has 0 saturated carbocycles. The van der Waals surface area contributed by atoms with E-state index in [1.165, 1.54) is 20.2 Å². The van der Waals surface area contributed by atoms with E-state index in [4.69, 9.17) is 10.5 Å². The van der Waals surface area contributed by atoms with Crippen LogP contribution >= 0.6 is 22.7 Å². The summed E-state index contributed by atoms with van der Waals surface area (Å²) in [4.78, 5) is 3.81. The van der Waals surface area contributed by atoms with Gasteiger partial charge in [-0.15, -0.1) is 22.7 Å². The highest BCUT2D eigenvalue weighted by Crippen LogP contribution is 2.22. The van der Waals surface area contributed by atoms with Crippen molar-refractivity contribution >= 4 is 22.7 Å². The molecule has 2 rings (SSSR count). The first kappa shape index (κ1) is 11.8. The van der Waals surface area contributed by atoms with E-state index in [0.717, 1.165) is 0 Å². The molecule has 0 aromatic carbocycles. The predicted octanol–water partition coefficient (Wildman–Crippen LogP) is 3.29. The molecule has 2 aromatic rings. The zero-order chi connectivity index (χ0) is 11.4. The summed E-state index contributed by atoms with van der Waals surface area (Å²) < 4.78 is 5.68. The molecule has 0 aliphatic rings. The maximum absolute atomic E-state index is 5.68. The van der Waals surface area contributed by atoms with Gasteiger partial charge < -0.3 is 10.5 Å². The van der Waals surface area contributed by atoms with E-state index >= 15 is 0 Å². The van der Waals surface area contributed by atoms with Crippen molar-refractivity contribution in [1.29, 1.82) is 0 Å². The Bertz CT molecular complexity index is 434. The van der Waals surface area contributed by atoms with Crippen LogP contribution in [-0.2, 0) is 24.5 Å². The smallest absolute Gasteiger partial charge is 0.0813 e. The molecule has 2 nitrogen and oxygen atoms in total. The van der Waals surface area contributed by atoms with Gasteiger partial charge in [-0.1, -0.05) is 6.07 Å². The summed E-state index contributed by atoms with van der Waals surface area (Å²) >= 11 is 3.49. The monoisotopic (exact) mass is 253 g/mol. The zero-order valence-corrected chi connectivity index (χ0v) is 10.9. The number of thiophene rings is 2. The van der Waals surface area contributed by atoms with Crippen molar-refractivity contribution in [2.24, 2.45) is 5.73 Å². The van der Waals surface area contributed by atoms with Gasteiger partial charge in [-0.3, -0.25) is 0 Å². The van der Waals surface area contributed by atoms with Gasteiger partial charge in [0, 0.05) is 21.2 Å². The molecule has 0 unspecified atom stereocenters. The lowest BCUT2D eigenvalue weighted by atomic mass is 10.2. The second-order valence-electron chi connectivity index (χ2n) is 3.57. The fraction of sp³-hybridized carbons (Fsp3) is 0.333. The van der Waals surface area contributed by atoms with E-state index in [-0.39, 0.29) is 0 Å². The molecule has 0 aliphatic heterocycles. The van der Waals surface area contributed by atoms with Crippen LogP contribution < -0.4 is 5.73 Å². The van der Waals surface area contributed by atoms with Crippen LogP contribution in [0.3, 0.4) is 0 Å². The van der Waals surface area contributed by atoms with Gasteiger partial charge in [-0.2, -0.15) is 0 Å². The maximum atomic E-state index is 5.68. The van der Waals surface area contributed by atoms with Gasteiger partial charge in [-0.25, -0.2) is 0 Å². The lowest BCUT2D eigenvalue weighted by Gasteiger charge is -2.01. The molecule has 2 heterocycles. The number of aryl methyl sites for hydroxylation is 1. The molecule has 4 heteroatoms. The summed E-state index contributed by atoms with van der Waals surface area (Å²) in [5.74, 6) is 0. The Morgan fingerprint density at radius 2 is 2.19 bits per heavy atom. The third-order valence-electron chi connectivity index (χ3n) is 2.35. The van der Waals surface area contributed by atoms with Crippen molar-refractivity contribution < 1.29 is 4.74 Å². The molecule has 0 saturated heterocycles. The molecule has 0 radical (unpaired) electrons. The Labute approximate surface area is 104 Å². The van der Waals surface area contributed by atoms with Gasteiger partial charge in [0.25, 0.3) is 0 Å². The first-order valence-corrected chi connectivity index (χ1v) is 6.87. The molecule has 86 valence electrons. The van der Waals surface area contributed by atoms with Crippen LogP contribution in [-0.4, -0.2) is 0 Å². The minimum atomic E-state index is 0.621. The second kappa shape index (κ2) is 5.59. The number of rotatable bonds is 5. The van der Waals surface area contributed by atoms with Crippen LogP contribution in [0.2, 0.25) is 0 Å². The number of nitrogens with two attached hydrogens (primary N) is 1. The Morgan fingerprint density at radius 1 is 1.31 bits per heavy atom. The molecule has 0 amide bonds. The van der Waals surface area contributed by atoms with Crippen molar-refractivity contribution in [2.45, 2.75) is 26.7 Å². The third-order valence-corrected chi connectivity index (χ3v) is 4.32. The van der Waals surface area contributed by atoms with Gasteiger partial charge in [-0.05, 0) is 30.0 Å². The fourth-order valence-electron chi connectivity index (χ4n) is 1.49. The van der Waals surface area contributed by atoms with Crippen LogP contribution in [0.4, 0.5) is 0 Å². The number of hydrogen-bond donors (Lipinski definition) is 1. The normalized spacial score (nSPS) is 10.9. The van der Waals surface area contributed by atoms with Gasteiger partial charge >= 0.3 is 0 Å². The average molecular weight is 253 g/mol. The summed E-state index contributed by atoms with van der Waals surface area (Å²) in [5.41, 5.74) is 6.87. The Kier molecular flexibility index (Phi) is 4.12. The fourth-order valence-corrected chi connectivity index (χ4v) is 3.05. The molecule has 0 atom stereocenters. The quantitative estimate of drug-likeness (QED) is 0.887. The highest BCUT2D eigenvalue weighted by molar-refractivity contribution is 7.12. The van der Waals surface area contributed by atoms with Gasteiger partial charge in [0.15, 0.2) is 0 Å². The highest BCUT2D eigenvalue weighted by Gasteiger charge is 2.04. The van der Waals surface area contributed by atoms with Crippen molar-refractivity contribution in [3.63, 3.8) is 0 Å². The topological polar surface area (TPSA) is 35.2 Å². The van der Waals surface area contributed by atoms with Crippen molar-refractivity contribution in [3.8, 4) is 0 Å². The molecule has 0 aliphatic carbocycles. The first-order valence-electron chi connectivity index (χ1n) is 5.18. The molecular weight excluding hydrogens is 238 g/mol. The Morgan fingerprint density at radius 3 is 2.81 bits per heavy atom. The lowest BCUT2D eigenvalue weighted by molar-refractivity contribution is 0.109. The minimum Gasteiger partial charge on any atom is -0.371 e. The summed E-state index contributed by atoms with van der Waals surface area (Å²) in [6.45, 7) is 4.12. The summed E-state index contributed by atoms with van der Waals surface area (Å²) in [5, 5.41) is 2.07. The van der Waals surface area contributed by atoms with Gasteiger partial charge in [0.05, 0.1) is 13.2 Å². The van der Waals surface area contributed by atoms with E-state index in [1.54, 1.807) is 22.7 Å². The lowest BCUT2D eigenvalue weighted by Crippen LogP contribution is -1.93.